The quantitative estimate of drug-likeness (QED) is 0.206. The lowest BCUT2D eigenvalue weighted by Gasteiger charge is -2.19. The summed E-state index contributed by atoms with van der Waals surface area (Å²) in [6.45, 7) is 13.7. The van der Waals surface area contributed by atoms with E-state index in [0.717, 1.165) is 32.5 Å². The zero-order valence-electron chi connectivity index (χ0n) is 19.7. The number of nitrogens with one attached hydrogen (secondary N) is 2. The summed E-state index contributed by atoms with van der Waals surface area (Å²) in [5.74, 6) is 0. The number of hydrogen-bond donors (Lipinski definition) is 3. The molecule has 0 aliphatic rings. The van der Waals surface area contributed by atoms with Crippen LogP contribution in [0.5, 0.6) is 0 Å². The fraction of sp³-hybridized carbons (Fsp3) is 0.952. The summed E-state index contributed by atoms with van der Waals surface area (Å²) in [5, 5.41) is 5.93. The highest BCUT2D eigenvalue weighted by atomic mass is 16.6. The Balaban J connectivity index is 3.10. The maximum Gasteiger partial charge on any atom is 0.407 e. The topological polar surface area (TPSA) is 123 Å². The van der Waals surface area contributed by atoms with E-state index in [1.165, 1.54) is 0 Å². The first-order valence-corrected chi connectivity index (χ1v) is 11.2. The standard InChI is InChI=1S/C21H45N3O7/c1-21(2,3)31-20(25)24-9-11-27-13-15-29-17-19-30-18-16-28-14-12-26-10-8-23-7-5-4-6-22/h23H,4-19,22H2,1-3H3,(H,24,25). The van der Waals surface area contributed by atoms with Crippen LogP contribution in [0.4, 0.5) is 4.79 Å². The molecule has 0 spiro atoms. The lowest BCUT2D eigenvalue weighted by molar-refractivity contribution is -0.0107. The van der Waals surface area contributed by atoms with Gasteiger partial charge in [0.05, 0.1) is 66.1 Å². The van der Waals surface area contributed by atoms with Crippen LogP contribution in [0, 0.1) is 0 Å². The van der Waals surface area contributed by atoms with Crippen molar-refractivity contribution in [3.05, 3.63) is 0 Å². The van der Waals surface area contributed by atoms with Crippen LogP contribution in [0.15, 0.2) is 0 Å². The normalized spacial score (nSPS) is 11.6. The lowest BCUT2D eigenvalue weighted by Crippen LogP contribution is -2.34. The number of ether oxygens (including phenoxy) is 6. The molecule has 0 atom stereocenters. The third kappa shape index (κ3) is 27.0. The smallest absolute Gasteiger partial charge is 0.407 e. The molecular weight excluding hydrogens is 406 g/mol. The number of amides is 1. The van der Waals surface area contributed by atoms with E-state index in [-0.39, 0.29) is 0 Å². The minimum Gasteiger partial charge on any atom is -0.444 e. The Morgan fingerprint density at radius 3 is 1.58 bits per heavy atom. The molecule has 0 aromatic carbocycles. The zero-order valence-corrected chi connectivity index (χ0v) is 19.7. The van der Waals surface area contributed by atoms with Gasteiger partial charge in [-0.05, 0) is 46.7 Å². The predicted octanol–water partition coefficient (Wildman–Crippen LogP) is 0.923. The average molecular weight is 452 g/mol. The van der Waals surface area contributed by atoms with E-state index in [4.69, 9.17) is 34.2 Å². The molecule has 0 rings (SSSR count). The highest BCUT2D eigenvalue weighted by Gasteiger charge is 2.15. The molecule has 1 amide bonds. The molecule has 10 nitrogen and oxygen atoms in total. The first-order chi connectivity index (χ1) is 15.0. The SMILES string of the molecule is CC(C)(C)OC(=O)NCCOCCOCCOCCOCCOCCNCCCCN. The first-order valence-electron chi connectivity index (χ1n) is 11.2. The minimum atomic E-state index is -0.497. The van der Waals surface area contributed by atoms with E-state index in [2.05, 4.69) is 10.6 Å². The van der Waals surface area contributed by atoms with Crippen LogP contribution in [0.1, 0.15) is 33.6 Å². The van der Waals surface area contributed by atoms with Gasteiger partial charge in [0.15, 0.2) is 0 Å². The van der Waals surface area contributed by atoms with E-state index in [1.807, 2.05) is 20.8 Å². The minimum absolute atomic E-state index is 0.398. The molecule has 31 heavy (non-hydrogen) atoms. The summed E-state index contributed by atoms with van der Waals surface area (Å²) >= 11 is 0. The second-order valence-corrected chi connectivity index (χ2v) is 7.74. The summed E-state index contributed by atoms with van der Waals surface area (Å²) in [5.41, 5.74) is 4.94. The van der Waals surface area contributed by atoms with Crippen LogP contribution in [-0.4, -0.2) is 104 Å². The first kappa shape index (κ1) is 30.0. The third-order valence-corrected chi connectivity index (χ3v) is 3.63. The summed E-state index contributed by atoms with van der Waals surface area (Å²) < 4.78 is 32.2. The van der Waals surface area contributed by atoms with Crippen molar-refractivity contribution in [2.24, 2.45) is 5.73 Å². The van der Waals surface area contributed by atoms with Crippen LogP contribution in [0.3, 0.4) is 0 Å². The molecule has 4 N–H and O–H groups in total. The number of unbranched alkanes of at least 4 members (excludes halogenated alkanes) is 1. The van der Waals surface area contributed by atoms with Crippen LogP contribution in [-0.2, 0) is 28.4 Å². The molecule has 10 heteroatoms. The molecule has 0 bridgehead atoms. The van der Waals surface area contributed by atoms with Gasteiger partial charge in [0.2, 0.25) is 0 Å². The van der Waals surface area contributed by atoms with Crippen molar-refractivity contribution in [1.82, 2.24) is 10.6 Å². The zero-order chi connectivity index (χ0) is 23.0. The second-order valence-electron chi connectivity index (χ2n) is 7.74. The molecule has 0 saturated carbocycles. The maximum atomic E-state index is 11.4. The van der Waals surface area contributed by atoms with Crippen LogP contribution in [0.2, 0.25) is 0 Å². The van der Waals surface area contributed by atoms with Gasteiger partial charge in [-0.2, -0.15) is 0 Å². The molecule has 0 aromatic rings. The molecule has 0 fully saturated rings. The summed E-state index contributed by atoms with van der Waals surface area (Å²) in [4.78, 5) is 11.4. The van der Waals surface area contributed by atoms with Crippen LogP contribution < -0.4 is 16.4 Å². The molecule has 0 aliphatic heterocycles. The number of carbonyl (C=O) groups excluding carboxylic acids is 1. The molecule has 0 radical (unpaired) electrons. The van der Waals surface area contributed by atoms with Gasteiger partial charge in [0.25, 0.3) is 0 Å². The van der Waals surface area contributed by atoms with Gasteiger partial charge in [-0.15, -0.1) is 0 Å². The Kier molecular flexibility index (Phi) is 21.5. The average Bonchev–Trinajstić information content (AvgIpc) is 2.70. The van der Waals surface area contributed by atoms with Crippen LogP contribution in [0.25, 0.3) is 0 Å². The highest BCUT2D eigenvalue weighted by molar-refractivity contribution is 5.67. The van der Waals surface area contributed by atoms with E-state index >= 15 is 0 Å². The molecule has 186 valence electrons. The van der Waals surface area contributed by atoms with Crippen molar-refractivity contribution in [2.45, 2.75) is 39.2 Å². The van der Waals surface area contributed by atoms with E-state index in [9.17, 15) is 4.79 Å². The highest BCUT2D eigenvalue weighted by Crippen LogP contribution is 2.05. The molecule has 0 aliphatic carbocycles. The Morgan fingerprint density at radius 2 is 1.13 bits per heavy atom. The Hall–Kier alpha value is -1.01. The fourth-order valence-corrected chi connectivity index (χ4v) is 2.18. The van der Waals surface area contributed by atoms with Crippen molar-refractivity contribution in [1.29, 1.82) is 0 Å². The summed E-state index contributed by atoms with van der Waals surface area (Å²) in [6, 6.07) is 0. The van der Waals surface area contributed by atoms with Crippen molar-refractivity contribution >= 4 is 6.09 Å². The maximum absolute atomic E-state index is 11.4. The second kappa shape index (κ2) is 22.2. The molecule has 0 saturated heterocycles. The van der Waals surface area contributed by atoms with E-state index < -0.39 is 11.7 Å². The van der Waals surface area contributed by atoms with Gasteiger partial charge < -0.3 is 44.8 Å². The monoisotopic (exact) mass is 451 g/mol. The van der Waals surface area contributed by atoms with E-state index in [0.29, 0.717) is 72.6 Å². The van der Waals surface area contributed by atoms with Crippen molar-refractivity contribution in [3.63, 3.8) is 0 Å². The fourth-order valence-electron chi connectivity index (χ4n) is 2.18. The summed E-state index contributed by atoms with van der Waals surface area (Å²) in [7, 11) is 0. The van der Waals surface area contributed by atoms with Gasteiger partial charge in [-0.25, -0.2) is 4.79 Å². The largest absolute Gasteiger partial charge is 0.444 e. The number of rotatable bonds is 22. The third-order valence-electron chi connectivity index (χ3n) is 3.63. The van der Waals surface area contributed by atoms with Gasteiger partial charge in [-0.1, -0.05) is 0 Å². The van der Waals surface area contributed by atoms with Gasteiger partial charge in [0.1, 0.15) is 5.60 Å². The molecule has 0 aromatic heterocycles. The van der Waals surface area contributed by atoms with Gasteiger partial charge in [0, 0.05) is 13.1 Å². The summed E-state index contributed by atoms with van der Waals surface area (Å²) in [6.07, 6.45) is 1.72. The Morgan fingerprint density at radius 1 is 0.677 bits per heavy atom. The van der Waals surface area contributed by atoms with Gasteiger partial charge >= 0.3 is 6.09 Å². The number of nitrogens with two attached hydrogens (primary N) is 1. The number of alkyl carbamates (subject to hydrolysis) is 1. The van der Waals surface area contributed by atoms with Crippen molar-refractivity contribution in [2.75, 3.05) is 92.2 Å². The van der Waals surface area contributed by atoms with Crippen molar-refractivity contribution < 1.29 is 33.2 Å². The number of carbonyl (C=O) groups is 1. The lowest BCUT2D eigenvalue weighted by atomic mass is 10.2. The van der Waals surface area contributed by atoms with Crippen LogP contribution >= 0.6 is 0 Å². The van der Waals surface area contributed by atoms with E-state index in [1.54, 1.807) is 0 Å². The van der Waals surface area contributed by atoms with Gasteiger partial charge in [-0.3, -0.25) is 0 Å². The molecular formula is C21H45N3O7. The van der Waals surface area contributed by atoms with Crippen molar-refractivity contribution in [3.8, 4) is 0 Å². The number of hydrogen-bond acceptors (Lipinski definition) is 9. The Labute approximate surface area is 187 Å². The molecule has 0 heterocycles. The Bertz CT molecular complexity index is 396. The molecule has 0 unspecified atom stereocenters. The predicted molar refractivity (Wildman–Crippen MR) is 119 cm³/mol.